The molecule has 0 radical (unpaired) electrons. The highest BCUT2D eigenvalue weighted by Crippen LogP contribution is 2.42. The van der Waals surface area contributed by atoms with Gasteiger partial charge < -0.3 is 82.4 Å². The van der Waals surface area contributed by atoms with Crippen LogP contribution in [0.3, 0.4) is 0 Å². The third-order valence-electron chi connectivity index (χ3n) is 16.2. The van der Waals surface area contributed by atoms with E-state index in [1.165, 1.54) is 0 Å². The molecule has 2 aromatic heterocycles. The largest absolute Gasteiger partial charge is 0.493 e. The number of benzene rings is 4. The summed E-state index contributed by atoms with van der Waals surface area (Å²) in [5.41, 5.74) is 19.1. The maximum atomic E-state index is 13.5. The zero-order chi connectivity index (χ0) is 74.7. The molecule has 7 rings (SSSR count). The van der Waals surface area contributed by atoms with Crippen LogP contribution in [0.2, 0.25) is 0 Å². The number of ether oxygens (including phenoxy) is 6. The number of para-hydroxylation sites is 2. The van der Waals surface area contributed by atoms with E-state index in [1.807, 2.05) is 55.4 Å². The van der Waals surface area contributed by atoms with E-state index in [1.54, 1.807) is 41.5 Å². The first-order chi connectivity index (χ1) is 48.1. The fourth-order valence-electron chi connectivity index (χ4n) is 11.3. The molecule has 2 heterocycles. The number of fused-ring (bicyclic) bond motifs is 8. The fraction of sp³-hybridized carbons (Fsp3) is 0.553. The van der Waals surface area contributed by atoms with Gasteiger partial charge in [0, 0.05) is 85.5 Å². The maximum Gasteiger partial charge on any atom is 0.408 e. The van der Waals surface area contributed by atoms with Gasteiger partial charge in [-0.2, -0.15) is 29.9 Å². The molecular weight excluding hydrogens is 1300 g/mol. The lowest BCUT2D eigenvalue weighted by molar-refractivity contribution is -0.125. The van der Waals surface area contributed by atoms with Gasteiger partial charge in [0.2, 0.25) is 47.5 Å². The lowest BCUT2D eigenvalue weighted by Crippen LogP contribution is -2.52. The number of aromatic nitrogens is 6. The highest BCUT2D eigenvalue weighted by molar-refractivity contribution is 5.86. The number of carbonyl (C=O) groups is 4. The Kier molecular flexibility index (Phi) is 28.0. The summed E-state index contributed by atoms with van der Waals surface area (Å²) in [6, 6.07) is 19.1. The molecule has 556 valence electrons. The van der Waals surface area contributed by atoms with Crippen LogP contribution in [-0.2, 0) is 44.7 Å². The predicted octanol–water partition coefficient (Wildman–Crippen LogP) is 12.7. The molecule has 2 atom stereocenters. The molecule has 6 aromatic rings. The van der Waals surface area contributed by atoms with Gasteiger partial charge in [0.05, 0.1) is 26.4 Å². The monoisotopic (exact) mass is 1410 g/mol. The number of nitrogen functional groups attached to an aromatic ring is 2. The summed E-state index contributed by atoms with van der Waals surface area (Å²) in [4.78, 5) is 80.1. The van der Waals surface area contributed by atoms with Gasteiger partial charge in [0.25, 0.3) is 0 Å². The third kappa shape index (κ3) is 24.3. The molecule has 0 saturated heterocycles. The minimum Gasteiger partial charge on any atom is -0.493 e. The zero-order valence-corrected chi connectivity index (χ0v) is 63.3. The number of rotatable bonds is 32. The standard InChI is InChI=1S/C76H112N16O10/c1-19-29-97-59-47-25-23-26-48(59)34-52-38-56(84-70-90-66(78)88-68(92-70)82-44-76(17,18)42-80-64(94)58(46(7)8)86-72(96)102-74(12,13)14)40-54(62(52)100-32-22-4)36-50-28-24-27-49(60(50)98-30-20-2)35-53-39-55(37-51(33-47)61(53)99-31-21-3)83-69-89-65(77)87-67(91-69)81-43-75(15,16)41-79-63(93)57(45(5)6)85-71(95)101-73(9,10)11/h23-28,37-40,45-46,57-58H,19-22,29-36,41-44H2,1-18H3,(H,79,93)(H,80,94)(H,85,95)(H,86,96)(H4,77,81,83,87,89,91)(H4,78,82,84,88,90,92)/t57-,58-/m0/s1. The molecule has 0 fully saturated rings. The lowest BCUT2D eigenvalue weighted by atomic mass is 9.90. The number of hydrogen-bond acceptors (Lipinski definition) is 22. The number of alkyl carbamates (subject to hydrolysis) is 2. The second-order valence-electron chi connectivity index (χ2n) is 30.3. The van der Waals surface area contributed by atoms with Crippen LogP contribution >= 0.6 is 0 Å². The van der Waals surface area contributed by atoms with Gasteiger partial charge in [-0.15, -0.1) is 0 Å². The molecular formula is C76H112N16O10. The van der Waals surface area contributed by atoms with Gasteiger partial charge in [-0.25, -0.2) is 9.59 Å². The van der Waals surface area contributed by atoms with Crippen molar-refractivity contribution in [3.05, 3.63) is 105 Å². The van der Waals surface area contributed by atoms with E-state index in [4.69, 9.17) is 49.9 Å². The van der Waals surface area contributed by atoms with E-state index in [-0.39, 0.29) is 72.4 Å². The Balaban J connectivity index is 1.24. The average Bonchev–Trinajstić information content (AvgIpc) is 0.779. The van der Waals surface area contributed by atoms with Gasteiger partial charge in [0.1, 0.15) is 46.3 Å². The Bertz CT molecular complexity index is 3490. The molecule has 26 heteroatoms. The second kappa shape index (κ2) is 35.8. The number of nitrogens with one attached hydrogen (secondary N) is 8. The molecule has 4 aromatic carbocycles. The van der Waals surface area contributed by atoms with Crippen LogP contribution in [0.5, 0.6) is 23.0 Å². The highest BCUT2D eigenvalue weighted by atomic mass is 16.6. The first-order valence-electron chi connectivity index (χ1n) is 35.8. The van der Waals surface area contributed by atoms with E-state index in [0.29, 0.717) is 76.6 Å². The van der Waals surface area contributed by atoms with E-state index in [9.17, 15) is 19.2 Å². The molecule has 1 aliphatic rings. The molecule has 0 aliphatic heterocycles. The van der Waals surface area contributed by atoms with Crippen molar-refractivity contribution in [3.63, 3.8) is 0 Å². The van der Waals surface area contributed by atoms with Crippen molar-refractivity contribution in [2.45, 2.75) is 199 Å². The summed E-state index contributed by atoms with van der Waals surface area (Å²) in [5, 5.41) is 25.1. The molecule has 0 spiro atoms. The molecule has 102 heavy (non-hydrogen) atoms. The minimum atomic E-state index is -0.813. The van der Waals surface area contributed by atoms with Crippen LogP contribution in [0.4, 0.5) is 56.7 Å². The Hall–Kier alpha value is -9.62. The van der Waals surface area contributed by atoms with Crippen molar-refractivity contribution in [3.8, 4) is 23.0 Å². The molecule has 1 aliphatic carbocycles. The highest BCUT2D eigenvalue weighted by Gasteiger charge is 2.32. The predicted molar refractivity (Wildman–Crippen MR) is 402 cm³/mol. The molecule has 4 amide bonds. The Morgan fingerprint density at radius 2 is 0.706 bits per heavy atom. The van der Waals surface area contributed by atoms with Gasteiger partial charge >= 0.3 is 12.2 Å². The van der Waals surface area contributed by atoms with Gasteiger partial charge in [0.15, 0.2) is 0 Å². The average molecular weight is 1410 g/mol. The molecule has 8 bridgehead atoms. The molecule has 0 saturated carbocycles. The first-order valence-corrected chi connectivity index (χ1v) is 35.8. The van der Waals surface area contributed by atoms with Crippen LogP contribution in [-0.4, -0.2) is 130 Å². The Morgan fingerprint density at radius 1 is 0.422 bits per heavy atom. The topological polar surface area (TPSA) is 349 Å². The number of anilines is 8. The number of hydrogen-bond donors (Lipinski definition) is 10. The summed E-state index contributed by atoms with van der Waals surface area (Å²) >= 11 is 0. The van der Waals surface area contributed by atoms with Gasteiger partial charge in [-0.1, -0.05) is 119 Å². The summed E-state index contributed by atoms with van der Waals surface area (Å²) in [6.07, 6.45) is 3.34. The smallest absolute Gasteiger partial charge is 0.408 e. The van der Waals surface area contributed by atoms with E-state index >= 15 is 0 Å². The van der Waals surface area contributed by atoms with E-state index in [2.05, 4.69) is 151 Å². The third-order valence-corrected chi connectivity index (χ3v) is 16.2. The van der Waals surface area contributed by atoms with Crippen LogP contribution in [0.15, 0.2) is 60.7 Å². The van der Waals surface area contributed by atoms with Crippen LogP contribution in [0, 0.1) is 22.7 Å². The van der Waals surface area contributed by atoms with Gasteiger partial charge in [-0.3, -0.25) is 9.59 Å². The number of carbonyl (C=O) groups excluding carboxylic acids is 4. The summed E-state index contributed by atoms with van der Waals surface area (Å²) < 4.78 is 38.4. The van der Waals surface area contributed by atoms with Crippen LogP contribution < -0.4 is 72.9 Å². The SMILES string of the molecule is CCCOc1c2cccc1Cc1cc(Nc3nc(N)nc(NCC(C)(C)CNC(=O)[C@@H](NC(=O)OC(C)(C)C)C(C)C)n3)cc(c1OCCC)Cc1cccc(c1OCCC)Cc1cc(Nc3nc(N)nc(NCC(C)(C)CNC(=O)[C@@H](NC(=O)OC(C)(C)C)C(C)C)n3)cc(c1OCCC)C2. The van der Waals surface area contributed by atoms with E-state index < -0.39 is 46.3 Å². The Labute approximate surface area is 602 Å². The quantitative estimate of drug-likeness (QED) is 0.0187. The van der Waals surface area contributed by atoms with Crippen molar-refractivity contribution in [1.82, 2.24) is 51.2 Å². The van der Waals surface area contributed by atoms with Crippen molar-refractivity contribution in [2.75, 3.05) is 85.3 Å². The van der Waals surface area contributed by atoms with Crippen molar-refractivity contribution in [2.24, 2.45) is 22.7 Å². The van der Waals surface area contributed by atoms with Crippen LogP contribution in [0.25, 0.3) is 0 Å². The van der Waals surface area contributed by atoms with Crippen LogP contribution in [0.1, 0.15) is 195 Å². The number of nitrogens with zero attached hydrogens (tertiary/aromatic N) is 6. The van der Waals surface area contributed by atoms with Gasteiger partial charge in [-0.05, 0) is 136 Å². The fourth-order valence-corrected chi connectivity index (χ4v) is 11.3. The first kappa shape index (κ1) is 79.7. The molecule has 0 unspecified atom stereocenters. The summed E-state index contributed by atoms with van der Waals surface area (Å²) in [6.45, 7) is 37.4. The normalized spacial score (nSPS) is 13.1. The van der Waals surface area contributed by atoms with Crippen molar-refractivity contribution in [1.29, 1.82) is 0 Å². The number of amides is 4. The van der Waals surface area contributed by atoms with Crippen molar-refractivity contribution >= 4 is 71.1 Å². The van der Waals surface area contributed by atoms with Crippen molar-refractivity contribution < 1.29 is 47.6 Å². The van der Waals surface area contributed by atoms with E-state index in [0.717, 1.165) is 93.2 Å². The Morgan fingerprint density at radius 3 is 0.980 bits per heavy atom. The summed E-state index contributed by atoms with van der Waals surface area (Å²) in [7, 11) is 0. The molecule has 12 N–H and O–H groups in total. The molecule has 26 nitrogen and oxygen atoms in total. The maximum absolute atomic E-state index is 13.5. The number of nitrogens with two attached hydrogens (primary N) is 2. The minimum absolute atomic E-state index is 0.0117. The zero-order valence-electron chi connectivity index (χ0n) is 63.3. The second-order valence-corrected chi connectivity index (χ2v) is 30.3. The summed E-state index contributed by atoms with van der Waals surface area (Å²) in [5.74, 6) is 2.74. The lowest BCUT2D eigenvalue weighted by Gasteiger charge is -2.28.